The van der Waals surface area contributed by atoms with E-state index in [-0.39, 0.29) is 5.91 Å². The lowest BCUT2D eigenvalue weighted by Crippen LogP contribution is -2.29. The standard InChI is InChI=1S/C15H19NO3S/c1-11-4-5-12(6-7-14(17)18)10-13(11)15(19)16(2)8-9-20-3/h4-7,10H,8-9H2,1-3H3,(H,17,18)/b7-6+. The molecule has 0 fully saturated rings. The van der Waals surface area contributed by atoms with Crippen molar-refractivity contribution in [2.24, 2.45) is 0 Å². The second-order valence-corrected chi connectivity index (χ2v) is 5.45. The Labute approximate surface area is 123 Å². The van der Waals surface area contributed by atoms with E-state index in [2.05, 4.69) is 0 Å². The fourth-order valence-electron chi connectivity index (χ4n) is 1.68. The van der Waals surface area contributed by atoms with E-state index in [4.69, 9.17) is 5.11 Å². The first kappa shape index (κ1) is 16.3. The summed E-state index contributed by atoms with van der Waals surface area (Å²) in [6, 6.07) is 5.36. The van der Waals surface area contributed by atoms with Gasteiger partial charge in [-0.1, -0.05) is 12.1 Å². The summed E-state index contributed by atoms with van der Waals surface area (Å²) < 4.78 is 0. The van der Waals surface area contributed by atoms with Crippen molar-refractivity contribution in [1.29, 1.82) is 0 Å². The summed E-state index contributed by atoms with van der Waals surface area (Å²) in [6.45, 7) is 2.56. The maximum atomic E-state index is 12.3. The van der Waals surface area contributed by atoms with Gasteiger partial charge in [-0.15, -0.1) is 0 Å². The minimum absolute atomic E-state index is 0.0397. The SMILES string of the molecule is CSCCN(C)C(=O)c1cc(/C=C/C(=O)O)ccc1C. The van der Waals surface area contributed by atoms with Gasteiger partial charge in [-0.25, -0.2) is 4.79 Å². The highest BCUT2D eigenvalue weighted by Gasteiger charge is 2.13. The number of benzene rings is 1. The molecule has 0 saturated heterocycles. The van der Waals surface area contributed by atoms with Crippen LogP contribution >= 0.6 is 11.8 Å². The third-order valence-corrected chi connectivity index (χ3v) is 3.48. The molecule has 0 atom stereocenters. The topological polar surface area (TPSA) is 57.6 Å². The Bertz CT molecular complexity index is 526. The molecule has 0 heterocycles. The van der Waals surface area contributed by atoms with Crippen LogP contribution in [-0.4, -0.2) is 47.5 Å². The molecule has 1 aromatic rings. The molecule has 0 bridgehead atoms. The third kappa shape index (κ3) is 4.74. The van der Waals surface area contributed by atoms with Gasteiger partial charge in [-0.3, -0.25) is 4.79 Å². The van der Waals surface area contributed by atoms with E-state index in [0.717, 1.165) is 17.4 Å². The lowest BCUT2D eigenvalue weighted by Gasteiger charge is -2.18. The fraction of sp³-hybridized carbons (Fsp3) is 0.333. The zero-order valence-corrected chi connectivity index (χ0v) is 12.7. The van der Waals surface area contributed by atoms with Crippen LogP contribution in [0.15, 0.2) is 24.3 Å². The highest BCUT2D eigenvalue weighted by molar-refractivity contribution is 7.98. The zero-order chi connectivity index (χ0) is 15.1. The summed E-state index contributed by atoms with van der Waals surface area (Å²) >= 11 is 1.69. The normalized spacial score (nSPS) is 10.8. The van der Waals surface area contributed by atoms with Crippen LogP contribution in [0.2, 0.25) is 0 Å². The molecule has 0 saturated carbocycles. The van der Waals surface area contributed by atoms with Crippen molar-refractivity contribution in [1.82, 2.24) is 4.90 Å². The van der Waals surface area contributed by atoms with Gasteiger partial charge in [0, 0.05) is 31.0 Å². The second kappa shape index (κ2) is 7.75. The van der Waals surface area contributed by atoms with Crippen molar-refractivity contribution in [2.75, 3.05) is 25.6 Å². The molecule has 4 nitrogen and oxygen atoms in total. The summed E-state index contributed by atoms with van der Waals surface area (Å²) in [5.41, 5.74) is 2.21. The van der Waals surface area contributed by atoms with Crippen molar-refractivity contribution in [3.63, 3.8) is 0 Å². The lowest BCUT2D eigenvalue weighted by atomic mass is 10.0. The Balaban J connectivity index is 2.96. The van der Waals surface area contributed by atoms with Crippen molar-refractivity contribution in [3.8, 4) is 0 Å². The van der Waals surface area contributed by atoms with Crippen LogP contribution in [0, 0.1) is 6.92 Å². The van der Waals surface area contributed by atoms with Gasteiger partial charge in [0.15, 0.2) is 0 Å². The molecule has 0 unspecified atom stereocenters. The summed E-state index contributed by atoms with van der Waals surface area (Å²) in [5.74, 6) is -0.155. The molecule has 0 spiro atoms. The molecule has 1 amide bonds. The van der Waals surface area contributed by atoms with Crippen LogP contribution in [0.4, 0.5) is 0 Å². The molecule has 5 heteroatoms. The van der Waals surface area contributed by atoms with E-state index in [1.807, 2.05) is 19.2 Å². The Morgan fingerprint density at radius 2 is 2.10 bits per heavy atom. The molecule has 0 aliphatic carbocycles. The number of thioether (sulfide) groups is 1. The summed E-state index contributed by atoms with van der Waals surface area (Å²) in [7, 11) is 1.78. The minimum atomic E-state index is -1.00. The second-order valence-electron chi connectivity index (χ2n) is 4.47. The number of hydrogen-bond donors (Lipinski definition) is 1. The van der Waals surface area contributed by atoms with Gasteiger partial charge in [-0.2, -0.15) is 11.8 Å². The smallest absolute Gasteiger partial charge is 0.328 e. The molecule has 1 aromatic carbocycles. The van der Waals surface area contributed by atoms with Crippen molar-refractivity contribution < 1.29 is 14.7 Å². The van der Waals surface area contributed by atoms with E-state index >= 15 is 0 Å². The minimum Gasteiger partial charge on any atom is -0.478 e. The van der Waals surface area contributed by atoms with E-state index in [9.17, 15) is 9.59 Å². The first-order valence-corrected chi connectivity index (χ1v) is 7.61. The van der Waals surface area contributed by atoms with Crippen LogP contribution in [0.3, 0.4) is 0 Å². The van der Waals surface area contributed by atoms with Gasteiger partial charge in [0.05, 0.1) is 0 Å². The molecule has 0 aliphatic rings. The molecular weight excluding hydrogens is 274 g/mol. The highest BCUT2D eigenvalue weighted by atomic mass is 32.2. The van der Waals surface area contributed by atoms with E-state index in [1.54, 1.807) is 35.8 Å². The van der Waals surface area contributed by atoms with Gasteiger partial charge in [0.1, 0.15) is 0 Å². The van der Waals surface area contributed by atoms with Gasteiger partial charge < -0.3 is 10.0 Å². The lowest BCUT2D eigenvalue weighted by molar-refractivity contribution is -0.131. The van der Waals surface area contributed by atoms with Gasteiger partial charge >= 0.3 is 5.97 Å². The molecular formula is C15H19NO3S. The number of carbonyl (C=O) groups excluding carboxylic acids is 1. The molecule has 1 rings (SSSR count). The Morgan fingerprint density at radius 1 is 1.40 bits per heavy atom. The first-order valence-electron chi connectivity index (χ1n) is 6.21. The predicted molar refractivity (Wildman–Crippen MR) is 83.2 cm³/mol. The molecule has 0 radical (unpaired) electrons. The maximum Gasteiger partial charge on any atom is 0.328 e. The monoisotopic (exact) mass is 293 g/mol. The van der Waals surface area contributed by atoms with Crippen LogP contribution in [0.5, 0.6) is 0 Å². The Kier molecular flexibility index (Phi) is 6.31. The number of hydrogen-bond acceptors (Lipinski definition) is 3. The van der Waals surface area contributed by atoms with Crippen molar-refractivity contribution >= 4 is 29.7 Å². The highest BCUT2D eigenvalue weighted by Crippen LogP contribution is 2.15. The van der Waals surface area contributed by atoms with Crippen molar-refractivity contribution in [2.45, 2.75) is 6.92 Å². The number of rotatable bonds is 6. The van der Waals surface area contributed by atoms with Crippen LogP contribution in [0.25, 0.3) is 6.08 Å². The molecule has 0 aliphatic heterocycles. The average molecular weight is 293 g/mol. The number of aryl methyl sites for hydroxylation is 1. The number of carbonyl (C=O) groups is 2. The van der Waals surface area contributed by atoms with E-state index in [1.165, 1.54) is 6.08 Å². The maximum absolute atomic E-state index is 12.3. The molecule has 1 N–H and O–H groups in total. The number of aliphatic carboxylic acids is 1. The largest absolute Gasteiger partial charge is 0.478 e. The average Bonchev–Trinajstić information content (AvgIpc) is 2.43. The Hall–Kier alpha value is -1.75. The molecule has 0 aromatic heterocycles. The Morgan fingerprint density at radius 3 is 2.70 bits per heavy atom. The fourth-order valence-corrected chi connectivity index (χ4v) is 2.13. The van der Waals surface area contributed by atoms with Crippen LogP contribution < -0.4 is 0 Å². The van der Waals surface area contributed by atoms with E-state index in [0.29, 0.717) is 17.7 Å². The summed E-state index contributed by atoms with van der Waals surface area (Å²) in [5, 5.41) is 8.63. The first-order chi connectivity index (χ1) is 9.45. The number of carboxylic acid groups (broad SMARTS) is 1. The summed E-state index contributed by atoms with van der Waals surface area (Å²) in [6.07, 6.45) is 4.55. The quantitative estimate of drug-likeness (QED) is 0.819. The molecule has 20 heavy (non-hydrogen) atoms. The van der Waals surface area contributed by atoms with Crippen molar-refractivity contribution in [3.05, 3.63) is 41.0 Å². The molecule has 108 valence electrons. The number of carboxylic acids is 1. The number of nitrogens with zero attached hydrogens (tertiary/aromatic N) is 1. The van der Waals surface area contributed by atoms with Crippen LogP contribution in [0.1, 0.15) is 21.5 Å². The zero-order valence-electron chi connectivity index (χ0n) is 11.9. The van der Waals surface area contributed by atoms with Gasteiger partial charge in [0.2, 0.25) is 0 Å². The summed E-state index contributed by atoms with van der Waals surface area (Å²) in [4.78, 5) is 24.5. The predicted octanol–water partition coefficient (Wildman–Crippen LogP) is 2.53. The number of amides is 1. The van der Waals surface area contributed by atoms with Crippen LogP contribution in [-0.2, 0) is 4.79 Å². The van der Waals surface area contributed by atoms with Gasteiger partial charge in [-0.05, 0) is 36.4 Å². The van der Waals surface area contributed by atoms with E-state index < -0.39 is 5.97 Å². The third-order valence-electron chi connectivity index (χ3n) is 2.89. The van der Waals surface area contributed by atoms with Gasteiger partial charge in [0.25, 0.3) is 5.91 Å².